The summed E-state index contributed by atoms with van der Waals surface area (Å²) in [5.74, 6) is -0.663. The number of aryl methyl sites for hydroxylation is 1. The fourth-order valence-electron chi connectivity index (χ4n) is 1.79. The lowest BCUT2D eigenvalue weighted by Crippen LogP contribution is -2.27. The smallest absolute Gasteiger partial charge is 0.233 e. The van der Waals surface area contributed by atoms with Gasteiger partial charge in [0.2, 0.25) is 11.8 Å². The number of carbonyl (C=O) groups is 2. The van der Waals surface area contributed by atoms with Crippen LogP contribution in [0.25, 0.3) is 0 Å². The van der Waals surface area contributed by atoms with Gasteiger partial charge in [-0.05, 0) is 42.3 Å². The van der Waals surface area contributed by atoms with E-state index in [-0.39, 0.29) is 18.2 Å². The number of aromatic nitrogens is 1. The standard InChI is InChI=1S/C16H16BrN3O2/c1-11-2-3-13(8-14(11)17)20-16(22)9-15(21)19-10-12-4-6-18-7-5-12/h2-8H,9-10H2,1H3,(H,19,21)(H,20,22). The molecule has 2 aromatic rings. The monoisotopic (exact) mass is 361 g/mol. The van der Waals surface area contributed by atoms with Crippen LogP contribution in [0.3, 0.4) is 0 Å². The van der Waals surface area contributed by atoms with Crippen LogP contribution in [-0.4, -0.2) is 16.8 Å². The van der Waals surface area contributed by atoms with Gasteiger partial charge < -0.3 is 10.6 Å². The molecule has 2 N–H and O–H groups in total. The van der Waals surface area contributed by atoms with Gasteiger partial charge in [-0.15, -0.1) is 0 Å². The summed E-state index contributed by atoms with van der Waals surface area (Å²) >= 11 is 3.40. The van der Waals surface area contributed by atoms with Crippen LogP contribution >= 0.6 is 15.9 Å². The van der Waals surface area contributed by atoms with Crippen molar-refractivity contribution in [1.29, 1.82) is 0 Å². The molecular formula is C16H16BrN3O2. The molecule has 1 aromatic carbocycles. The van der Waals surface area contributed by atoms with Crippen LogP contribution in [0.15, 0.2) is 47.2 Å². The summed E-state index contributed by atoms with van der Waals surface area (Å²) in [6.45, 7) is 2.34. The number of amides is 2. The van der Waals surface area contributed by atoms with Crippen molar-refractivity contribution >= 4 is 33.4 Å². The van der Waals surface area contributed by atoms with Gasteiger partial charge in [0.15, 0.2) is 0 Å². The topological polar surface area (TPSA) is 71.1 Å². The Labute approximate surface area is 137 Å². The molecule has 0 aliphatic carbocycles. The molecule has 2 amide bonds. The average Bonchev–Trinajstić information content (AvgIpc) is 2.50. The predicted octanol–water partition coefficient (Wildman–Crippen LogP) is 2.80. The maximum Gasteiger partial charge on any atom is 0.233 e. The summed E-state index contributed by atoms with van der Waals surface area (Å²) in [7, 11) is 0. The van der Waals surface area contributed by atoms with Gasteiger partial charge in [0.1, 0.15) is 6.42 Å². The van der Waals surface area contributed by atoms with Crippen LogP contribution in [0.4, 0.5) is 5.69 Å². The Balaban J connectivity index is 1.81. The SMILES string of the molecule is Cc1ccc(NC(=O)CC(=O)NCc2ccncc2)cc1Br. The zero-order valence-electron chi connectivity index (χ0n) is 12.1. The molecule has 0 aliphatic heterocycles. The highest BCUT2D eigenvalue weighted by molar-refractivity contribution is 9.10. The lowest BCUT2D eigenvalue weighted by atomic mass is 10.2. The van der Waals surface area contributed by atoms with Crippen molar-refractivity contribution in [3.05, 3.63) is 58.3 Å². The third-order valence-electron chi connectivity index (χ3n) is 3.02. The van der Waals surface area contributed by atoms with E-state index in [1.54, 1.807) is 18.5 Å². The minimum atomic E-state index is -0.344. The molecule has 6 heteroatoms. The van der Waals surface area contributed by atoms with E-state index in [2.05, 4.69) is 31.5 Å². The summed E-state index contributed by atoms with van der Waals surface area (Å²) < 4.78 is 0.910. The molecule has 0 unspecified atom stereocenters. The minimum absolute atomic E-state index is 0.212. The molecule has 0 aliphatic rings. The number of hydrogen-bond donors (Lipinski definition) is 2. The van der Waals surface area contributed by atoms with Crippen LogP contribution in [0.5, 0.6) is 0 Å². The minimum Gasteiger partial charge on any atom is -0.352 e. The van der Waals surface area contributed by atoms with Crippen molar-refractivity contribution < 1.29 is 9.59 Å². The first kappa shape index (κ1) is 16.2. The fraction of sp³-hybridized carbons (Fsp3) is 0.188. The number of hydrogen-bond acceptors (Lipinski definition) is 3. The van der Waals surface area contributed by atoms with Crippen molar-refractivity contribution in [3.63, 3.8) is 0 Å². The number of benzene rings is 1. The van der Waals surface area contributed by atoms with Crippen molar-refractivity contribution in [2.45, 2.75) is 19.9 Å². The van der Waals surface area contributed by atoms with Gasteiger partial charge in [-0.25, -0.2) is 0 Å². The molecule has 0 saturated heterocycles. The number of pyridine rings is 1. The van der Waals surface area contributed by atoms with Crippen molar-refractivity contribution in [3.8, 4) is 0 Å². The van der Waals surface area contributed by atoms with E-state index in [0.717, 1.165) is 15.6 Å². The Kier molecular flexibility index (Phi) is 5.66. The number of nitrogens with one attached hydrogen (secondary N) is 2. The number of anilines is 1. The lowest BCUT2D eigenvalue weighted by molar-refractivity contribution is -0.126. The first-order chi connectivity index (χ1) is 10.5. The Morgan fingerprint density at radius 3 is 2.55 bits per heavy atom. The number of halogens is 1. The fourth-order valence-corrected chi connectivity index (χ4v) is 2.16. The molecular weight excluding hydrogens is 346 g/mol. The summed E-state index contributed by atoms with van der Waals surface area (Å²) in [5, 5.41) is 5.40. The van der Waals surface area contributed by atoms with Crippen molar-refractivity contribution in [2.75, 3.05) is 5.32 Å². The Morgan fingerprint density at radius 1 is 1.14 bits per heavy atom. The van der Waals surface area contributed by atoms with Gasteiger partial charge >= 0.3 is 0 Å². The van der Waals surface area contributed by atoms with E-state index in [4.69, 9.17) is 0 Å². The molecule has 0 atom stereocenters. The van der Waals surface area contributed by atoms with E-state index in [9.17, 15) is 9.59 Å². The largest absolute Gasteiger partial charge is 0.352 e. The van der Waals surface area contributed by atoms with Gasteiger partial charge in [-0.1, -0.05) is 22.0 Å². The van der Waals surface area contributed by atoms with E-state index >= 15 is 0 Å². The first-order valence-corrected chi connectivity index (χ1v) is 7.55. The maximum atomic E-state index is 11.8. The van der Waals surface area contributed by atoms with Gasteiger partial charge in [-0.2, -0.15) is 0 Å². The molecule has 0 saturated carbocycles. The van der Waals surface area contributed by atoms with E-state index in [1.807, 2.05) is 31.2 Å². The molecule has 0 radical (unpaired) electrons. The van der Waals surface area contributed by atoms with Gasteiger partial charge in [0.25, 0.3) is 0 Å². The average molecular weight is 362 g/mol. The zero-order chi connectivity index (χ0) is 15.9. The second kappa shape index (κ2) is 7.70. The van der Waals surface area contributed by atoms with Crippen molar-refractivity contribution in [2.24, 2.45) is 0 Å². The zero-order valence-corrected chi connectivity index (χ0v) is 13.7. The van der Waals surface area contributed by atoms with Crippen LogP contribution in [0, 0.1) is 6.92 Å². The summed E-state index contributed by atoms with van der Waals surface area (Å²) in [5.41, 5.74) is 2.67. The molecule has 1 aromatic heterocycles. The normalized spacial score (nSPS) is 10.1. The Hall–Kier alpha value is -2.21. The van der Waals surface area contributed by atoms with Crippen molar-refractivity contribution in [1.82, 2.24) is 10.3 Å². The van der Waals surface area contributed by atoms with Crippen LogP contribution in [0.1, 0.15) is 17.5 Å². The van der Waals surface area contributed by atoms with Gasteiger partial charge in [0.05, 0.1) is 0 Å². The molecule has 5 nitrogen and oxygen atoms in total. The highest BCUT2D eigenvalue weighted by Gasteiger charge is 2.10. The second-order valence-corrected chi connectivity index (χ2v) is 5.68. The van der Waals surface area contributed by atoms with Gasteiger partial charge in [-0.3, -0.25) is 14.6 Å². The summed E-state index contributed by atoms with van der Waals surface area (Å²) in [6.07, 6.45) is 3.10. The maximum absolute atomic E-state index is 11.8. The number of carbonyl (C=O) groups excluding carboxylic acids is 2. The quantitative estimate of drug-likeness (QED) is 0.804. The Morgan fingerprint density at radius 2 is 1.86 bits per heavy atom. The number of nitrogens with zero attached hydrogens (tertiary/aromatic N) is 1. The third-order valence-corrected chi connectivity index (χ3v) is 3.87. The van der Waals surface area contributed by atoms with E-state index < -0.39 is 0 Å². The van der Waals surface area contributed by atoms with Gasteiger partial charge in [0, 0.05) is 29.1 Å². The predicted molar refractivity (Wildman–Crippen MR) is 88.2 cm³/mol. The van der Waals surface area contributed by atoms with E-state index in [0.29, 0.717) is 12.2 Å². The Bertz CT molecular complexity index is 674. The second-order valence-electron chi connectivity index (χ2n) is 4.82. The molecule has 114 valence electrons. The molecule has 0 bridgehead atoms. The summed E-state index contributed by atoms with van der Waals surface area (Å²) in [6, 6.07) is 9.12. The first-order valence-electron chi connectivity index (χ1n) is 6.76. The van der Waals surface area contributed by atoms with Crippen LogP contribution in [0.2, 0.25) is 0 Å². The van der Waals surface area contributed by atoms with E-state index in [1.165, 1.54) is 0 Å². The molecule has 1 heterocycles. The highest BCUT2D eigenvalue weighted by atomic mass is 79.9. The molecule has 0 fully saturated rings. The molecule has 0 spiro atoms. The highest BCUT2D eigenvalue weighted by Crippen LogP contribution is 2.20. The molecule has 2 rings (SSSR count). The summed E-state index contributed by atoms with van der Waals surface area (Å²) in [4.78, 5) is 27.5. The lowest BCUT2D eigenvalue weighted by Gasteiger charge is -2.08. The van der Waals surface area contributed by atoms with Crippen LogP contribution in [-0.2, 0) is 16.1 Å². The van der Waals surface area contributed by atoms with Crippen LogP contribution < -0.4 is 10.6 Å². The number of rotatable bonds is 5. The third kappa shape index (κ3) is 4.96. The molecule has 22 heavy (non-hydrogen) atoms.